The van der Waals surface area contributed by atoms with E-state index in [0.29, 0.717) is 28.0 Å². The van der Waals surface area contributed by atoms with Crippen LogP contribution in [0.2, 0.25) is 10.2 Å². The normalized spacial score (nSPS) is 11.3. The van der Waals surface area contributed by atoms with Crippen molar-refractivity contribution in [3.63, 3.8) is 0 Å². The van der Waals surface area contributed by atoms with Gasteiger partial charge in [0.2, 0.25) is 0 Å². The monoisotopic (exact) mass is 393 g/mol. The number of aryl methyl sites for hydroxylation is 1. The molecule has 0 atom stereocenters. The number of carbonyl (C=O) groups excluding carboxylic acids is 1. The summed E-state index contributed by atoms with van der Waals surface area (Å²) in [6.07, 6.45) is 1.38. The van der Waals surface area contributed by atoms with Gasteiger partial charge < -0.3 is 9.47 Å². The summed E-state index contributed by atoms with van der Waals surface area (Å²) >= 11 is 12.6. The van der Waals surface area contributed by atoms with Crippen molar-refractivity contribution in [3.05, 3.63) is 56.8 Å². The summed E-state index contributed by atoms with van der Waals surface area (Å²) in [5.41, 5.74) is 1.76. The summed E-state index contributed by atoms with van der Waals surface area (Å²) in [7, 11) is 1.49. The maximum Gasteiger partial charge on any atom is 0.348 e. The molecule has 0 aliphatic rings. The molecule has 6 nitrogen and oxygen atoms in total. The minimum Gasteiger partial charge on any atom is -0.459 e. The lowest BCUT2D eigenvalue weighted by atomic mass is 10.1. The number of aromatic nitrogens is 2. The number of hydrogen-bond acceptors (Lipinski definition) is 5. The minimum absolute atomic E-state index is 0.0623. The molecule has 0 radical (unpaired) electrons. The predicted molar refractivity (Wildman–Crippen MR) is 99.0 cm³/mol. The predicted octanol–water partition coefficient (Wildman–Crippen LogP) is 3.64. The zero-order valence-electron chi connectivity index (χ0n) is 14.3. The lowest BCUT2D eigenvalue weighted by molar-refractivity contribution is -0.139. The third kappa shape index (κ3) is 4.85. The minimum atomic E-state index is -0.737. The van der Waals surface area contributed by atoms with Gasteiger partial charge in [-0.05, 0) is 24.6 Å². The lowest BCUT2D eigenvalue weighted by Gasteiger charge is -2.05. The Kier molecular flexibility index (Phi) is 7.22. The molecule has 1 aromatic heterocycles. The SMILES string of the molecule is COCCOC(=O)/C(C#N)=C/c1c(C)nn(Cc2ccccc2Cl)c1Cl. The molecule has 0 bridgehead atoms. The van der Waals surface area contributed by atoms with Gasteiger partial charge in [-0.3, -0.25) is 0 Å². The number of esters is 1. The molecule has 0 aliphatic carbocycles. The van der Waals surface area contributed by atoms with E-state index in [1.54, 1.807) is 17.7 Å². The van der Waals surface area contributed by atoms with E-state index in [4.69, 9.17) is 32.7 Å². The van der Waals surface area contributed by atoms with E-state index in [9.17, 15) is 10.1 Å². The van der Waals surface area contributed by atoms with Crippen LogP contribution >= 0.6 is 23.2 Å². The lowest BCUT2D eigenvalue weighted by Crippen LogP contribution is -2.11. The summed E-state index contributed by atoms with van der Waals surface area (Å²) in [5.74, 6) is -0.737. The first kappa shape index (κ1) is 20.0. The van der Waals surface area contributed by atoms with Crippen LogP contribution in [0.15, 0.2) is 29.8 Å². The topological polar surface area (TPSA) is 77.1 Å². The van der Waals surface area contributed by atoms with Crippen LogP contribution in [0, 0.1) is 18.3 Å². The molecule has 2 aromatic rings. The number of benzene rings is 1. The summed E-state index contributed by atoms with van der Waals surface area (Å²) < 4.78 is 11.3. The molecular formula is C18H17Cl2N3O3. The number of carbonyl (C=O) groups is 1. The maximum atomic E-state index is 12.0. The first-order chi connectivity index (χ1) is 12.5. The van der Waals surface area contributed by atoms with Crippen LogP contribution in [-0.4, -0.2) is 36.1 Å². The van der Waals surface area contributed by atoms with Crippen LogP contribution in [0.1, 0.15) is 16.8 Å². The third-order valence-electron chi connectivity index (χ3n) is 3.54. The first-order valence-electron chi connectivity index (χ1n) is 7.72. The molecule has 0 aliphatic heterocycles. The van der Waals surface area contributed by atoms with Gasteiger partial charge >= 0.3 is 5.97 Å². The molecule has 136 valence electrons. The average Bonchev–Trinajstić information content (AvgIpc) is 2.88. The van der Waals surface area contributed by atoms with Crippen LogP contribution in [-0.2, 0) is 20.8 Å². The molecule has 0 saturated heterocycles. The van der Waals surface area contributed by atoms with Crippen LogP contribution in [0.5, 0.6) is 0 Å². The second-order valence-electron chi connectivity index (χ2n) is 5.34. The zero-order chi connectivity index (χ0) is 19.1. The second-order valence-corrected chi connectivity index (χ2v) is 6.10. The largest absolute Gasteiger partial charge is 0.459 e. The Bertz CT molecular complexity index is 869. The Morgan fingerprint density at radius 1 is 1.35 bits per heavy atom. The smallest absolute Gasteiger partial charge is 0.348 e. The van der Waals surface area contributed by atoms with Crippen LogP contribution in [0.4, 0.5) is 0 Å². The maximum absolute atomic E-state index is 12.0. The first-order valence-corrected chi connectivity index (χ1v) is 8.47. The van der Waals surface area contributed by atoms with Crippen molar-refractivity contribution in [2.75, 3.05) is 20.3 Å². The van der Waals surface area contributed by atoms with Crippen molar-refractivity contribution in [1.29, 1.82) is 5.26 Å². The van der Waals surface area contributed by atoms with Gasteiger partial charge in [0.05, 0.1) is 18.8 Å². The summed E-state index contributed by atoms with van der Waals surface area (Å²) in [6.45, 7) is 2.42. The highest BCUT2D eigenvalue weighted by atomic mass is 35.5. The number of nitriles is 1. The molecule has 0 spiro atoms. The molecule has 26 heavy (non-hydrogen) atoms. The van der Waals surface area contributed by atoms with Gasteiger partial charge in [-0.1, -0.05) is 41.4 Å². The van der Waals surface area contributed by atoms with Crippen molar-refractivity contribution in [1.82, 2.24) is 9.78 Å². The Hall–Kier alpha value is -2.33. The van der Waals surface area contributed by atoms with Gasteiger partial charge in [0.25, 0.3) is 0 Å². The van der Waals surface area contributed by atoms with Crippen molar-refractivity contribution < 1.29 is 14.3 Å². The Labute approximate surface area is 161 Å². The quantitative estimate of drug-likeness (QED) is 0.310. The number of ether oxygens (including phenoxy) is 2. The Balaban J connectivity index is 2.27. The Morgan fingerprint density at radius 2 is 2.08 bits per heavy atom. The molecule has 1 aromatic carbocycles. The van der Waals surface area contributed by atoms with E-state index < -0.39 is 5.97 Å². The molecule has 0 fully saturated rings. The molecule has 1 heterocycles. The van der Waals surface area contributed by atoms with Gasteiger partial charge in [-0.15, -0.1) is 0 Å². The van der Waals surface area contributed by atoms with Gasteiger partial charge in [-0.25, -0.2) is 9.48 Å². The van der Waals surface area contributed by atoms with E-state index in [2.05, 4.69) is 5.10 Å². The van der Waals surface area contributed by atoms with Crippen molar-refractivity contribution in [2.24, 2.45) is 0 Å². The molecule has 0 unspecified atom stereocenters. The Morgan fingerprint density at radius 3 is 2.73 bits per heavy atom. The molecule has 8 heteroatoms. The van der Waals surface area contributed by atoms with Crippen molar-refractivity contribution in [2.45, 2.75) is 13.5 Å². The average molecular weight is 394 g/mol. The number of hydrogen-bond donors (Lipinski definition) is 0. The molecule has 0 saturated carbocycles. The van der Waals surface area contributed by atoms with Crippen molar-refractivity contribution >= 4 is 35.2 Å². The van der Waals surface area contributed by atoms with Gasteiger partial charge in [0, 0.05) is 17.7 Å². The number of nitrogens with zero attached hydrogens (tertiary/aromatic N) is 3. The van der Waals surface area contributed by atoms with E-state index in [0.717, 1.165) is 5.56 Å². The molecular weight excluding hydrogens is 377 g/mol. The number of methoxy groups -OCH3 is 1. The van der Waals surface area contributed by atoms with Gasteiger partial charge in [0.15, 0.2) is 0 Å². The number of rotatable bonds is 7. The highest BCUT2D eigenvalue weighted by molar-refractivity contribution is 6.32. The summed E-state index contributed by atoms with van der Waals surface area (Å²) in [4.78, 5) is 12.0. The molecule has 0 N–H and O–H groups in total. The third-order valence-corrected chi connectivity index (χ3v) is 4.30. The van der Waals surface area contributed by atoms with E-state index >= 15 is 0 Å². The van der Waals surface area contributed by atoms with Crippen LogP contribution < -0.4 is 0 Å². The van der Waals surface area contributed by atoms with E-state index in [-0.39, 0.29) is 18.8 Å². The van der Waals surface area contributed by atoms with Gasteiger partial charge in [0.1, 0.15) is 23.4 Å². The fraction of sp³-hybridized carbons (Fsp3) is 0.278. The standard InChI is InChI=1S/C18H17Cl2N3O3/c1-12-15(9-14(10-21)18(24)26-8-7-25-2)17(20)23(22-12)11-13-5-3-4-6-16(13)19/h3-6,9H,7-8,11H2,1-2H3/b14-9+. The zero-order valence-corrected chi connectivity index (χ0v) is 15.8. The molecule has 0 amide bonds. The fourth-order valence-electron chi connectivity index (χ4n) is 2.20. The van der Waals surface area contributed by atoms with Crippen LogP contribution in [0.25, 0.3) is 6.08 Å². The number of halogens is 2. The van der Waals surface area contributed by atoms with Gasteiger partial charge in [-0.2, -0.15) is 10.4 Å². The summed E-state index contributed by atoms with van der Waals surface area (Å²) in [5, 5.41) is 14.5. The fourth-order valence-corrected chi connectivity index (χ4v) is 2.68. The highest BCUT2D eigenvalue weighted by Crippen LogP contribution is 2.25. The highest BCUT2D eigenvalue weighted by Gasteiger charge is 2.17. The van der Waals surface area contributed by atoms with Crippen LogP contribution in [0.3, 0.4) is 0 Å². The van der Waals surface area contributed by atoms with E-state index in [1.807, 2.05) is 24.3 Å². The van der Waals surface area contributed by atoms with E-state index in [1.165, 1.54) is 13.2 Å². The summed E-state index contributed by atoms with van der Waals surface area (Å²) in [6, 6.07) is 9.20. The molecule has 2 rings (SSSR count). The van der Waals surface area contributed by atoms with Crippen molar-refractivity contribution in [3.8, 4) is 6.07 Å². The second kappa shape index (κ2) is 9.39.